The van der Waals surface area contributed by atoms with E-state index in [4.69, 9.17) is 14.8 Å². The van der Waals surface area contributed by atoms with Crippen LogP contribution in [0.2, 0.25) is 0 Å². The van der Waals surface area contributed by atoms with Gasteiger partial charge >= 0.3 is 0 Å². The standard InChI is InChI=1S/C18H21N5OS/c1-22-9-14(8-19-22)23-18(20-17(21-23)12-6-7-24-10-12)16-15-5-3-2-4-13(15)11-25-16/h8-9,11-12H,2-7,10H2,1H3. The molecule has 0 spiro atoms. The zero-order valence-electron chi connectivity index (χ0n) is 14.3. The molecule has 1 aliphatic carbocycles. The first-order chi connectivity index (χ1) is 12.3. The highest BCUT2D eigenvalue weighted by molar-refractivity contribution is 7.13. The number of aryl methyl sites for hydroxylation is 2. The van der Waals surface area contributed by atoms with Gasteiger partial charge in [-0.1, -0.05) is 0 Å². The summed E-state index contributed by atoms with van der Waals surface area (Å²) >= 11 is 1.81. The lowest BCUT2D eigenvalue weighted by molar-refractivity contribution is 0.193. The van der Waals surface area contributed by atoms with Crippen molar-refractivity contribution >= 4 is 11.3 Å². The van der Waals surface area contributed by atoms with Gasteiger partial charge in [-0.3, -0.25) is 4.68 Å². The Morgan fingerprint density at radius 2 is 2.20 bits per heavy atom. The lowest BCUT2D eigenvalue weighted by Gasteiger charge is -2.12. The fourth-order valence-corrected chi connectivity index (χ4v) is 4.92. The molecule has 1 unspecified atom stereocenters. The molecule has 2 aliphatic rings. The van der Waals surface area contributed by atoms with Crippen LogP contribution in [0.25, 0.3) is 16.4 Å². The van der Waals surface area contributed by atoms with Crippen molar-refractivity contribution in [2.45, 2.75) is 38.0 Å². The minimum absolute atomic E-state index is 0.299. The number of rotatable bonds is 3. The molecule has 0 bridgehead atoms. The summed E-state index contributed by atoms with van der Waals surface area (Å²) in [5.74, 6) is 2.16. The average molecular weight is 355 g/mol. The van der Waals surface area contributed by atoms with E-state index in [1.54, 1.807) is 0 Å². The zero-order chi connectivity index (χ0) is 16.8. The van der Waals surface area contributed by atoms with Gasteiger partial charge in [0, 0.05) is 19.6 Å². The molecule has 1 saturated heterocycles. The van der Waals surface area contributed by atoms with E-state index in [1.165, 1.54) is 35.3 Å². The normalized spacial score (nSPS) is 20.1. The Morgan fingerprint density at radius 3 is 3.00 bits per heavy atom. The lowest BCUT2D eigenvalue weighted by Crippen LogP contribution is -2.03. The number of hydrogen-bond acceptors (Lipinski definition) is 5. The molecule has 6 nitrogen and oxygen atoms in total. The van der Waals surface area contributed by atoms with Gasteiger partial charge in [-0.2, -0.15) is 10.2 Å². The maximum atomic E-state index is 5.55. The van der Waals surface area contributed by atoms with Gasteiger partial charge in [0.25, 0.3) is 0 Å². The smallest absolute Gasteiger partial charge is 0.173 e. The van der Waals surface area contributed by atoms with Crippen molar-refractivity contribution < 1.29 is 4.74 Å². The van der Waals surface area contributed by atoms with E-state index < -0.39 is 0 Å². The summed E-state index contributed by atoms with van der Waals surface area (Å²) < 4.78 is 9.33. The van der Waals surface area contributed by atoms with Crippen LogP contribution in [0, 0.1) is 0 Å². The lowest BCUT2D eigenvalue weighted by atomic mass is 9.94. The second-order valence-corrected chi connectivity index (χ2v) is 7.79. The Labute approximate surface area is 150 Å². The molecule has 0 saturated carbocycles. The Balaban J connectivity index is 1.65. The monoisotopic (exact) mass is 355 g/mol. The summed E-state index contributed by atoms with van der Waals surface area (Å²) in [6.45, 7) is 1.52. The predicted molar refractivity (Wildman–Crippen MR) is 96.3 cm³/mol. The molecular formula is C18H21N5OS. The van der Waals surface area contributed by atoms with Gasteiger partial charge < -0.3 is 4.74 Å². The van der Waals surface area contributed by atoms with Crippen molar-refractivity contribution in [1.82, 2.24) is 24.5 Å². The highest BCUT2D eigenvalue weighted by Crippen LogP contribution is 2.38. The topological polar surface area (TPSA) is 57.8 Å². The van der Waals surface area contributed by atoms with Crippen LogP contribution in [0.3, 0.4) is 0 Å². The maximum Gasteiger partial charge on any atom is 0.173 e. The van der Waals surface area contributed by atoms with Crippen LogP contribution in [0.1, 0.15) is 42.1 Å². The third kappa shape index (κ3) is 2.62. The van der Waals surface area contributed by atoms with Gasteiger partial charge in [-0.15, -0.1) is 11.3 Å². The van der Waals surface area contributed by atoms with Crippen LogP contribution >= 0.6 is 11.3 Å². The second-order valence-electron chi connectivity index (χ2n) is 6.91. The molecule has 1 atom stereocenters. The summed E-state index contributed by atoms with van der Waals surface area (Å²) in [6.07, 6.45) is 9.75. The average Bonchev–Trinajstić information content (AvgIpc) is 3.39. The van der Waals surface area contributed by atoms with E-state index in [-0.39, 0.29) is 0 Å². The van der Waals surface area contributed by atoms with Crippen LogP contribution in [-0.4, -0.2) is 37.8 Å². The van der Waals surface area contributed by atoms with Gasteiger partial charge in [-0.25, -0.2) is 9.67 Å². The molecule has 3 aromatic rings. The first kappa shape index (κ1) is 15.3. The molecule has 0 amide bonds. The zero-order valence-corrected chi connectivity index (χ0v) is 15.1. The number of nitrogens with zero attached hydrogens (tertiary/aromatic N) is 5. The predicted octanol–water partition coefficient (Wildman–Crippen LogP) is 3.11. The molecule has 25 heavy (non-hydrogen) atoms. The van der Waals surface area contributed by atoms with E-state index in [0.717, 1.165) is 43.4 Å². The molecule has 0 radical (unpaired) electrons. The summed E-state index contributed by atoms with van der Waals surface area (Å²) in [6, 6.07) is 0. The van der Waals surface area contributed by atoms with Crippen LogP contribution < -0.4 is 0 Å². The Bertz CT molecular complexity index is 903. The maximum absolute atomic E-state index is 5.55. The highest BCUT2D eigenvalue weighted by Gasteiger charge is 2.27. The van der Waals surface area contributed by atoms with Crippen molar-refractivity contribution in [1.29, 1.82) is 0 Å². The Morgan fingerprint density at radius 1 is 1.28 bits per heavy atom. The SMILES string of the molecule is Cn1cc(-n2nc(C3CCOC3)nc2-c2scc3c2CCCC3)cn1. The molecule has 130 valence electrons. The molecule has 1 aliphatic heterocycles. The minimum atomic E-state index is 0.299. The largest absolute Gasteiger partial charge is 0.381 e. The number of ether oxygens (including phenoxy) is 1. The summed E-state index contributed by atoms with van der Waals surface area (Å²) in [7, 11) is 1.93. The molecular weight excluding hydrogens is 334 g/mol. The third-order valence-electron chi connectivity index (χ3n) is 5.16. The summed E-state index contributed by atoms with van der Waals surface area (Å²) in [5, 5.41) is 11.5. The van der Waals surface area contributed by atoms with E-state index in [0.29, 0.717) is 5.92 Å². The number of hydrogen-bond donors (Lipinski definition) is 0. The number of thiophene rings is 1. The second kappa shape index (κ2) is 6.07. The fourth-order valence-electron chi connectivity index (χ4n) is 3.79. The quantitative estimate of drug-likeness (QED) is 0.724. The summed E-state index contributed by atoms with van der Waals surface area (Å²) in [5.41, 5.74) is 3.94. The van der Waals surface area contributed by atoms with Crippen LogP contribution in [-0.2, 0) is 24.6 Å². The van der Waals surface area contributed by atoms with Gasteiger partial charge in [0.2, 0.25) is 0 Å². The van der Waals surface area contributed by atoms with Crippen molar-refractivity contribution in [3.8, 4) is 16.4 Å². The molecule has 0 aromatic carbocycles. The number of aromatic nitrogens is 5. The highest BCUT2D eigenvalue weighted by atomic mass is 32.1. The molecule has 3 aromatic heterocycles. The van der Waals surface area contributed by atoms with Crippen LogP contribution in [0.4, 0.5) is 0 Å². The van der Waals surface area contributed by atoms with Crippen LogP contribution in [0.15, 0.2) is 17.8 Å². The Kier molecular flexibility index (Phi) is 3.71. The van der Waals surface area contributed by atoms with Crippen molar-refractivity contribution in [2.24, 2.45) is 7.05 Å². The minimum Gasteiger partial charge on any atom is -0.381 e. The number of fused-ring (bicyclic) bond motifs is 1. The van der Waals surface area contributed by atoms with Gasteiger partial charge in [0.1, 0.15) is 5.69 Å². The molecule has 7 heteroatoms. The van der Waals surface area contributed by atoms with E-state index in [9.17, 15) is 0 Å². The van der Waals surface area contributed by atoms with Gasteiger partial charge in [-0.05, 0) is 48.6 Å². The Hall–Kier alpha value is -1.99. The van der Waals surface area contributed by atoms with Crippen molar-refractivity contribution in [2.75, 3.05) is 13.2 Å². The fraction of sp³-hybridized carbons (Fsp3) is 0.500. The molecule has 1 fully saturated rings. The van der Waals surface area contributed by atoms with E-state index in [1.807, 2.05) is 40.1 Å². The van der Waals surface area contributed by atoms with E-state index >= 15 is 0 Å². The van der Waals surface area contributed by atoms with Gasteiger partial charge in [0.15, 0.2) is 11.6 Å². The molecule has 4 heterocycles. The van der Waals surface area contributed by atoms with Crippen molar-refractivity contribution in [3.05, 3.63) is 34.7 Å². The first-order valence-corrected chi connectivity index (χ1v) is 9.81. The molecule has 0 N–H and O–H groups in total. The summed E-state index contributed by atoms with van der Waals surface area (Å²) in [4.78, 5) is 6.25. The van der Waals surface area contributed by atoms with Crippen LogP contribution in [0.5, 0.6) is 0 Å². The molecule has 5 rings (SSSR count). The van der Waals surface area contributed by atoms with E-state index in [2.05, 4.69) is 10.5 Å². The first-order valence-electron chi connectivity index (χ1n) is 8.93. The van der Waals surface area contributed by atoms with Gasteiger partial charge in [0.05, 0.1) is 23.9 Å². The third-order valence-corrected chi connectivity index (χ3v) is 6.23. The van der Waals surface area contributed by atoms with Crippen molar-refractivity contribution in [3.63, 3.8) is 0 Å².